The van der Waals surface area contributed by atoms with E-state index in [1.165, 1.54) is 18.2 Å². The molecule has 16 heavy (non-hydrogen) atoms. The number of carbonyl (C=O) groups is 2. The van der Waals surface area contributed by atoms with Crippen molar-refractivity contribution < 1.29 is 14.5 Å². The van der Waals surface area contributed by atoms with Gasteiger partial charge in [0.2, 0.25) is 5.78 Å². The van der Waals surface area contributed by atoms with Crippen molar-refractivity contribution in [1.29, 1.82) is 0 Å². The van der Waals surface area contributed by atoms with Gasteiger partial charge in [0.05, 0.1) is 4.92 Å². The molecule has 1 aromatic rings. The van der Waals surface area contributed by atoms with Crippen LogP contribution in [0.15, 0.2) is 35.0 Å². The summed E-state index contributed by atoms with van der Waals surface area (Å²) in [4.78, 5) is 33.0. The number of nitro groups is 1. The summed E-state index contributed by atoms with van der Waals surface area (Å²) >= 11 is 5.52. The molecule has 0 heterocycles. The maximum Gasteiger partial charge on any atom is 0.339 e. The highest BCUT2D eigenvalue weighted by molar-refractivity contribution is 6.49. The van der Waals surface area contributed by atoms with Gasteiger partial charge in [-0.15, -0.1) is 0 Å². The molecule has 0 atom stereocenters. The lowest BCUT2D eigenvalue weighted by molar-refractivity contribution is -0.417. The Hall–Kier alpha value is -2.01. The van der Waals surface area contributed by atoms with Crippen molar-refractivity contribution in [2.75, 3.05) is 0 Å². The lowest BCUT2D eigenvalue weighted by atomic mass is 9.93. The third-order valence-electron chi connectivity index (χ3n) is 2.22. The van der Waals surface area contributed by atoms with Crippen molar-refractivity contribution >= 4 is 23.2 Å². The molecule has 0 saturated heterocycles. The number of hydrogen-bond acceptors (Lipinski definition) is 4. The first-order valence-corrected chi connectivity index (χ1v) is 4.64. The second-order valence-electron chi connectivity index (χ2n) is 3.12. The molecule has 0 N–H and O–H groups in total. The molecule has 1 aliphatic rings. The zero-order chi connectivity index (χ0) is 11.9. The Morgan fingerprint density at radius 3 is 2.06 bits per heavy atom. The summed E-state index contributed by atoms with van der Waals surface area (Å²) in [6.07, 6.45) is 0. The van der Waals surface area contributed by atoms with E-state index in [0.717, 1.165) is 0 Å². The van der Waals surface area contributed by atoms with Gasteiger partial charge in [-0.3, -0.25) is 19.7 Å². The number of allylic oxidation sites excluding steroid dienone is 2. The number of nitrogens with zero attached hydrogens (tertiary/aromatic N) is 1. The number of halogens is 1. The monoisotopic (exact) mass is 237 g/mol. The molecule has 0 unspecified atom stereocenters. The predicted octanol–water partition coefficient (Wildman–Crippen LogP) is 1.79. The van der Waals surface area contributed by atoms with E-state index in [1.807, 2.05) is 0 Å². The molecule has 80 valence electrons. The summed E-state index contributed by atoms with van der Waals surface area (Å²) in [6, 6.07) is 5.86. The van der Waals surface area contributed by atoms with E-state index in [2.05, 4.69) is 0 Å². The number of rotatable bonds is 1. The molecule has 6 heteroatoms. The Morgan fingerprint density at radius 2 is 1.56 bits per heavy atom. The highest BCUT2D eigenvalue weighted by Crippen LogP contribution is 2.28. The Labute approximate surface area is 94.5 Å². The normalized spacial score (nSPS) is 15.1. The molecule has 2 rings (SSSR count). The van der Waals surface area contributed by atoms with Gasteiger partial charge in [-0.1, -0.05) is 35.9 Å². The topological polar surface area (TPSA) is 77.3 Å². The minimum absolute atomic E-state index is 0.0172. The van der Waals surface area contributed by atoms with Crippen LogP contribution in [0.5, 0.6) is 0 Å². The first-order valence-electron chi connectivity index (χ1n) is 4.26. The van der Waals surface area contributed by atoms with E-state index in [1.54, 1.807) is 6.07 Å². The number of carbonyl (C=O) groups excluding carboxylic acids is 2. The summed E-state index contributed by atoms with van der Waals surface area (Å²) in [5, 5.41) is 9.99. The van der Waals surface area contributed by atoms with E-state index in [9.17, 15) is 19.7 Å². The van der Waals surface area contributed by atoms with Crippen LogP contribution in [0.1, 0.15) is 20.7 Å². The van der Waals surface area contributed by atoms with Crippen molar-refractivity contribution in [2.45, 2.75) is 0 Å². The van der Waals surface area contributed by atoms with Gasteiger partial charge in [-0.05, 0) is 0 Å². The van der Waals surface area contributed by atoms with Crippen molar-refractivity contribution in [2.24, 2.45) is 0 Å². The van der Waals surface area contributed by atoms with E-state index in [4.69, 9.17) is 11.6 Å². The number of ketones is 2. The van der Waals surface area contributed by atoms with Gasteiger partial charge in [-0.25, -0.2) is 0 Å². The van der Waals surface area contributed by atoms with Crippen LogP contribution < -0.4 is 0 Å². The minimum atomic E-state index is -0.932. The largest absolute Gasteiger partial charge is 0.339 e. The summed E-state index contributed by atoms with van der Waals surface area (Å²) in [7, 11) is 0. The molecular weight excluding hydrogens is 234 g/mol. The van der Waals surface area contributed by atoms with E-state index in [-0.39, 0.29) is 11.1 Å². The molecule has 0 aliphatic heterocycles. The van der Waals surface area contributed by atoms with Gasteiger partial charge >= 0.3 is 5.70 Å². The standard InChI is InChI=1S/C10H4ClNO4/c11-7-8(12(15)16)10(14)6-4-2-1-3-5(6)9(7)13/h1-4H. The average Bonchev–Trinajstić information content (AvgIpc) is 2.26. The number of benzene rings is 1. The molecule has 0 spiro atoms. The quantitative estimate of drug-likeness (QED) is 0.551. The van der Waals surface area contributed by atoms with Crippen LogP contribution in [-0.2, 0) is 0 Å². The van der Waals surface area contributed by atoms with E-state index < -0.39 is 27.2 Å². The molecule has 5 nitrogen and oxygen atoms in total. The van der Waals surface area contributed by atoms with Crippen molar-refractivity contribution in [1.82, 2.24) is 0 Å². The van der Waals surface area contributed by atoms with Crippen molar-refractivity contribution in [3.63, 3.8) is 0 Å². The van der Waals surface area contributed by atoms with Crippen LogP contribution in [0.4, 0.5) is 0 Å². The minimum Gasteiger partial charge on any atom is -0.287 e. The first kappa shape index (κ1) is 10.5. The molecule has 0 radical (unpaired) electrons. The van der Waals surface area contributed by atoms with Crippen LogP contribution in [0.25, 0.3) is 0 Å². The molecule has 1 aromatic carbocycles. The van der Waals surface area contributed by atoms with Gasteiger partial charge < -0.3 is 0 Å². The highest BCUT2D eigenvalue weighted by Gasteiger charge is 2.38. The van der Waals surface area contributed by atoms with Crippen LogP contribution in [0.3, 0.4) is 0 Å². The van der Waals surface area contributed by atoms with Gasteiger partial charge in [0.25, 0.3) is 5.78 Å². The highest BCUT2D eigenvalue weighted by atomic mass is 35.5. The van der Waals surface area contributed by atoms with Gasteiger partial charge in [0.15, 0.2) is 5.03 Å². The molecule has 0 aromatic heterocycles. The van der Waals surface area contributed by atoms with Crippen LogP contribution in [-0.4, -0.2) is 16.5 Å². The molecule has 0 fully saturated rings. The van der Waals surface area contributed by atoms with Gasteiger partial charge in [-0.2, -0.15) is 0 Å². The fraction of sp³-hybridized carbons (Fsp3) is 0. The maximum absolute atomic E-state index is 11.7. The van der Waals surface area contributed by atoms with E-state index in [0.29, 0.717) is 0 Å². The lowest BCUT2D eigenvalue weighted by Gasteiger charge is -2.11. The first-order chi connectivity index (χ1) is 7.54. The van der Waals surface area contributed by atoms with Crippen molar-refractivity contribution in [3.05, 3.63) is 56.2 Å². The Bertz CT molecular complexity index is 562. The SMILES string of the molecule is O=C1C(Cl)=C([N+](=O)[O-])C(=O)c2ccccc21. The third-order valence-corrected chi connectivity index (χ3v) is 2.57. The van der Waals surface area contributed by atoms with Crippen LogP contribution >= 0.6 is 11.6 Å². The zero-order valence-electron chi connectivity index (χ0n) is 7.77. The molecule has 0 saturated carbocycles. The second-order valence-corrected chi connectivity index (χ2v) is 3.50. The second kappa shape index (κ2) is 3.53. The van der Waals surface area contributed by atoms with Gasteiger partial charge in [0.1, 0.15) is 0 Å². The summed E-state index contributed by atoms with van der Waals surface area (Å²) < 4.78 is 0. The number of Topliss-reactive ketones (excluding diaryl/α,β-unsaturated/α-hetero) is 2. The predicted molar refractivity (Wildman–Crippen MR) is 55.0 cm³/mol. The molecule has 0 amide bonds. The third kappa shape index (κ3) is 1.33. The zero-order valence-corrected chi connectivity index (χ0v) is 8.52. The summed E-state index contributed by atoms with van der Waals surface area (Å²) in [5.41, 5.74) is -0.739. The van der Waals surface area contributed by atoms with Gasteiger partial charge in [0, 0.05) is 11.1 Å². The van der Waals surface area contributed by atoms with Crippen molar-refractivity contribution in [3.8, 4) is 0 Å². The van der Waals surface area contributed by atoms with E-state index >= 15 is 0 Å². The number of hydrogen-bond donors (Lipinski definition) is 0. The smallest absolute Gasteiger partial charge is 0.287 e. The maximum atomic E-state index is 11.7. The lowest BCUT2D eigenvalue weighted by Crippen LogP contribution is -2.24. The fourth-order valence-corrected chi connectivity index (χ4v) is 1.75. The Kier molecular flexibility index (Phi) is 2.32. The molecule has 1 aliphatic carbocycles. The molecular formula is C10H4ClNO4. The Balaban J connectivity index is 2.73. The fourth-order valence-electron chi connectivity index (χ4n) is 1.50. The van der Waals surface area contributed by atoms with Crippen LogP contribution in [0.2, 0.25) is 0 Å². The summed E-state index contributed by atoms with van der Waals surface area (Å²) in [6.45, 7) is 0. The summed E-state index contributed by atoms with van der Waals surface area (Å²) in [5.74, 6) is -1.52. The molecule has 0 bridgehead atoms. The average molecular weight is 238 g/mol. The number of fused-ring (bicyclic) bond motifs is 1. The van der Waals surface area contributed by atoms with Crippen LogP contribution in [0, 0.1) is 10.1 Å². The Morgan fingerprint density at radius 1 is 1.06 bits per heavy atom.